The third-order valence-electron chi connectivity index (χ3n) is 6.92. The van der Waals surface area contributed by atoms with Gasteiger partial charge in [-0.2, -0.15) is 18.3 Å². The van der Waals surface area contributed by atoms with E-state index in [1.54, 1.807) is 12.3 Å². The van der Waals surface area contributed by atoms with Crippen molar-refractivity contribution < 1.29 is 22.7 Å². The minimum absolute atomic E-state index is 0.0768. The minimum Gasteiger partial charge on any atom is -0.471 e. The predicted octanol–water partition coefficient (Wildman–Crippen LogP) is 4.49. The van der Waals surface area contributed by atoms with E-state index in [2.05, 4.69) is 10.4 Å². The Morgan fingerprint density at radius 3 is 2.47 bits per heavy atom. The summed E-state index contributed by atoms with van der Waals surface area (Å²) in [4.78, 5) is 12.7. The van der Waals surface area contributed by atoms with Crippen molar-refractivity contribution in [2.75, 3.05) is 0 Å². The van der Waals surface area contributed by atoms with Crippen LogP contribution in [0.3, 0.4) is 0 Å². The molecule has 1 aromatic heterocycles. The Kier molecular flexibility index (Phi) is 4.75. The topological polar surface area (TPSA) is 56.2 Å². The Morgan fingerprint density at radius 2 is 1.80 bits per heavy atom. The van der Waals surface area contributed by atoms with E-state index in [9.17, 15) is 18.0 Å². The van der Waals surface area contributed by atoms with Crippen molar-refractivity contribution in [2.24, 2.45) is 23.7 Å². The number of carbonyl (C=O) groups excluding carboxylic acids is 1. The predicted molar refractivity (Wildman–Crippen MR) is 103 cm³/mol. The molecule has 1 heterocycles. The summed E-state index contributed by atoms with van der Waals surface area (Å²) < 4.78 is 45.2. The zero-order valence-corrected chi connectivity index (χ0v) is 16.4. The number of benzene rings is 1. The van der Waals surface area contributed by atoms with Crippen LogP contribution in [0.1, 0.15) is 48.2 Å². The van der Waals surface area contributed by atoms with Gasteiger partial charge in [0.25, 0.3) is 5.91 Å². The summed E-state index contributed by atoms with van der Waals surface area (Å²) in [5.41, 5.74) is -0.465. The summed E-state index contributed by atoms with van der Waals surface area (Å²) in [6, 6.07) is 6.54. The lowest BCUT2D eigenvalue weighted by Gasteiger charge is -2.54. The summed E-state index contributed by atoms with van der Waals surface area (Å²) in [5, 5.41) is 7.45. The maximum atomic E-state index is 12.8. The number of hydrogen-bond acceptors (Lipinski definition) is 3. The Labute approximate surface area is 172 Å². The fourth-order valence-corrected chi connectivity index (χ4v) is 5.84. The molecular formula is C22H24F3N3O2. The minimum atomic E-state index is -4.42. The Balaban J connectivity index is 1.19. The van der Waals surface area contributed by atoms with Gasteiger partial charge in [-0.25, -0.2) is 4.68 Å². The van der Waals surface area contributed by atoms with Gasteiger partial charge in [0.05, 0.1) is 5.56 Å². The largest absolute Gasteiger partial charge is 0.471 e. The number of rotatable bonds is 5. The molecule has 6 rings (SSSR count). The van der Waals surface area contributed by atoms with Crippen LogP contribution in [0.25, 0.3) is 0 Å². The fraction of sp³-hybridized carbons (Fsp3) is 0.545. The highest BCUT2D eigenvalue weighted by Gasteiger charge is 2.48. The van der Waals surface area contributed by atoms with E-state index in [1.807, 2.05) is 0 Å². The smallest absolute Gasteiger partial charge is 0.416 e. The average molecular weight is 419 g/mol. The van der Waals surface area contributed by atoms with Crippen LogP contribution in [0.2, 0.25) is 0 Å². The molecule has 160 valence electrons. The monoisotopic (exact) mass is 419 g/mol. The van der Waals surface area contributed by atoms with Crippen molar-refractivity contribution in [1.82, 2.24) is 15.1 Å². The molecule has 4 aliphatic carbocycles. The maximum absolute atomic E-state index is 12.8. The third kappa shape index (κ3) is 3.79. The van der Waals surface area contributed by atoms with E-state index in [1.165, 1.54) is 48.9 Å². The Bertz CT molecular complexity index is 912. The van der Waals surface area contributed by atoms with Crippen molar-refractivity contribution in [1.29, 1.82) is 0 Å². The molecular weight excluding hydrogens is 395 g/mol. The van der Waals surface area contributed by atoms with E-state index in [0.717, 1.165) is 24.0 Å². The third-order valence-corrected chi connectivity index (χ3v) is 6.92. The number of halogens is 3. The molecule has 0 unspecified atom stereocenters. The molecule has 0 aliphatic heterocycles. The lowest BCUT2D eigenvalue weighted by atomic mass is 9.54. The highest BCUT2D eigenvalue weighted by molar-refractivity contribution is 5.92. The van der Waals surface area contributed by atoms with Crippen molar-refractivity contribution >= 4 is 5.91 Å². The van der Waals surface area contributed by atoms with Gasteiger partial charge in [0.2, 0.25) is 0 Å². The Morgan fingerprint density at radius 1 is 1.10 bits per heavy atom. The van der Waals surface area contributed by atoms with Gasteiger partial charge in [0.1, 0.15) is 11.4 Å². The first-order chi connectivity index (χ1) is 14.3. The molecule has 4 fully saturated rings. The van der Waals surface area contributed by atoms with Crippen LogP contribution in [-0.4, -0.2) is 21.7 Å². The standard InChI is InChI=1S/C22H24F3N3O2/c23-22(24,25)17-2-1-3-18(11-17)30-12-28-5-4-19(27-28)21(29)26-20-15-7-13-6-14(9-15)10-16(20)8-13/h1-5,11,13-16,20H,6-10,12H2,(H,26,29). The summed E-state index contributed by atoms with van der Waals surface area (Å²) in [6.45, 7) is -0.0768. The van der Waals surface area contributed by atoms with Crippen molar-refractivity contribution in [2.45, 2.75) is 51.1 Å². The summed E-state index contributed by atoms with van der Waals surface area (Å²) in [7, 11) is 0. The lowest BCUT2D eigenvalue weighted by Crippen LogP contribution is -2.55. The first kappa shape index (κ1) is 19.5. The van der Waals surface area contributed by atoms with Gasteiger partial charge >= 0.3 is 6.18 Å². The molecule has 0 saturated heterocycles. The molecule has 0 radical (unpaired) electrons. The summed E-state index contributed by atoms with van der Waals surface area (Å²) in [5.74, 6) is 2.75. The van der Waals surface area contributed by atoms with Crippen LogP contribution in [0.15, 0.2) is 36.5 Å². The van der Waals surface area contributed by atoms with E-state index in [-0.39, 0.29) is 24.4 Å². The zero-order valence-electron chi connectivity index (χ0n) is 16.4. The second-order valence-corrected chi connectivity index (χ2v) is 8.97. The van der Waals surface area contributed by atoms with Crippen LogP contribution in [-0.2, 0) is 12.9 Å². The molecule has 0 spiro atoms. The van der Waals surface area contributed by atoms with Crippen LogP contribution in [0.5, 0.6) is 5.75 Å². The molecule has 8 heteroatoms. The van der Waals surface area contributed by atoms with Gasteiger partial charge in [-0.05, 0) is 80.0 Å². The average Bonchev–Trinajstić information content (AvgIpc) is 3.17. The van der Waals surface area contributed by atoms with Crippen LogP contribution in [0, 0.1) is 23.7 Å². The van der Waals surface area contributed by atoms with Gasteiger partial charge in [-0.1, -0.05) is 6.07 Å². The van der Waals surface area contributed by atoms with E-state index in [4.69, 9.17) is 4.74 Å². The normalized spacial score (nSPS) is 29.8. The quantitative estimate of drug-likeness (QED) is 0.777. The first-order valence-electron chi connectivity index (χ1n) is 10.5. The maximum Gasteiger partial charge on any atom is 0.416 e. The molecule has 5 nitrogen and oxygen atoms in total. The molecule has 1 amide bonds. The molecule has 2 aromatic rings. The van der Waals surface area contributed by atoms with Crippen LogP contribution in [0.4, 0.5) is 13.2 Å². The lowest BCUT2D eigenvalue weighted by molar-refractivity contribution is -0.137. The highest BCUT2D eigenvalue weighted by Crippen LogP contribution is 2.53. The van der Waals surface area contributed by atoms with Gasteiger partial charge in [-0.15, -0.1) is 0 Å². The number of carbonyl (C=O) groups is 1. The van der Waals surface area contributed by atoms with Crippen molar-refractivity contribution in [3.8, 4) is 5.75 Å². The second-order valence-electron chi connectivity index (χ2n) is 8.97. The molecule has 1 N–H and O–H groups in total. The summed E-state index contributed by atoms with van der Waals surface area (Å²) >= 11 is 0. The molecule has 0 atom stereocenters. The highest BCUT2D eigenvalue weighted by atomic mass is 19.4. The van der Waals surface area contributed by atoms with Crippen molar-refractivity contribution in [3.05, 3.63) is 47.8 Å². The summed E-state index contributed by atoms with van der Waals surface area (Å²) in [6.07, 6.45) is 3.42. The van der Waals surface area contributed by atoms with Gasteiger partial charge in [0.15, 0.2) is 6.73 Å². The molecule has 4 aliphatic rings. The molecule has 4 saturated carbocycles. The van der Waals surface area contributed by atoms with Crippen LogP contribution >= 0.6 is 0 Å². The van der Waals surface area contributed by atoms with E-state index < -0.39 is 11.7 Å². The van der Waals surface area contributed by atoms with Gasteiger partial charge in [-0.3, -0.25) is 4.79 Å². The van der Waals surface area contributed by atoms with Gasteiger partial charge < -0.3 is 10.1 Å². The Hall–Kier alpha value is -2.51. The van der Waals surface area contributed by atoms with Crippen molar-refractivity contribution in [3.63, 3.8) is 0 Å². The number of nitrogens with zero attached hydrogens (tertiary/aromatic N) is 2. The SMILES string of the molecule is O=C(NC1C2CC3CC(C2)CC1C3)c1ccn(COc2cccc(C(F)(F)F)c2)n1. The van der Waals surface area contributed by atoms with E-state index >= 15 is 0 Å². The van der Waals surface area contributed by atoms with E-state index in [0.29, 0.717) is 17.5 Å². The number of aromatic nitrogens is 2. The number of nitrogens with one attached hydrogen (secondary N) is 1. The fourth-order valence-electron chi connectivity index (χ4n) is 5.84. The van der Waals surface area contributed by atoms with Crippen LogP contribution < -0.4 is 10.1 Å². The number of alkyl halides is 3. The number of ether oxygens (including phenoxy) is 1. The number of hydrogen-bond donors (Lipinski definition) is 1. The first-order valence-corrected chi connectivity index (χ1v) is 10.5. The number of amides is 1. The molecule has 4 bridgehead atoms. The second kappa shape index (κ2) is 7.32. The molecule has 30 heavy (non-hydrogen) atoms. The molecule has 1 aromatic carbocycles. The van der Waals surface area contributed by atoms with Gasteiger partial charge in [0, 0.05) is 12.2 Å². The zero-order chi connectivity index (χ0) is 20.9.